The number of nitrogens with zero attached hydrogens (tertiary/aromatic N) is 1. The van der Waals surface area contributed by atoms with Gasteiger partial charge in [-0.1, -0.05) is 18.2 Å². The van der Waals surface area contributed by atoms with Crippen LogP contribution >= 0.6 is 0 Å². The maximum absolute atomic E-state index is 9.84. The van der Waals surface area contributed by atoms with Crippen molar-refractivity contribution in [2.45, 2.75) is 6.04 Å². The van der Waals surface area contributed by atoms with E-state index in [1.807, 2.05) is 24.4 Å². The molecule has 16 heavy (non-hydrogen) atoms. The SMILES string of the molecule is ON1CCOC[C@H]1c1c[nH]c2ccccc12. The Labute approximate surface area is 93.4 Å². The highest BCUT2D eigenvalue weighted by Gasteiger charge is 2.25. The lowest BCUT2D eigenvalue weighted by Crippen LogP contribution is -2.36. The standard InChI is InChI=1S/C12H14N2O2/c15-14-5-6-16-8-12(14)10-7-13-11-4-2-1-3-9(10)11/h1-4,7,12-13,15H,5-6,8H2/t12-/m0/s1. The third kappa shape index (κ3) is 1.51. The average molecular weight is 218 g/mol. The average Bonchev–Trinajstić information content (AvgIpc) is 2.74. The van der Waals surface area contributed by atoms with Crippen LogP contribution in [0.4, 0.5) is 0 Å². The summed E-state index contributed by atoms with van der Waals surface area (Å²) in [6.45, 7) is 1.69. The number of aromatic amines is 1. The number of morpholine rings is 1. The molecule has 0 unspecified atom stereocenters. The van der Waals surface area contributed by atoms with Gasteiger partial charge in [-0.05, 0) is 11.6 Å². The highest BCUT2D eigenvalue weighted by molar-refractivity contribution is 5.83. The molecule has 1 fully saturated rings. The van der Waals surface area contributed by atoms with Gasteiger partial charge in [-0.15, -0.1) is 0 Å². The molecule has 0 amide bonds. The summed E-state index contributed by atoms with van der Waals surface area (Å²) in [6, 6.07) is 8.03. The van der Waals surface area contributed by atoms with Gasteiger partial charge in [-0.25, -0.2) is 0 Å². The summed E-state index contributed by atoms with van der Waals surface area (Å²) in [5, 5.41) is 12.3. The van der Waals surface area contributed by atoms with E-state index < -0.39 is 0 Å². The smallest absolute Gasteiger partial charge is 0.0854 e. The fourth-order valence-corrected chi connectivity index (χ4v) is 2.21. The normalized spacial score (nSPS) is 22.7. The molecule has 2 heterocycles. The van der Waals surface area contributed by atoms with Gasteiger partial charge in [0.25, 0.3) is 0 Å². The quantitative estimate of drug-likeness (QED) is 0.769. The number of aromatic nitrogens is 1. The largest absolute Gasteiger partial charge is 0.378 e. The van der Waals surface area contributed by atoms with Crippen molar-refractivity contribution in [1.82, 2.24) is 10.0 Å². The Hall–Kier alpha value is -1.36. The van der Waals surface area contributed by atoms with Gasteiger partial charge in [-0.2, -0.15) is 5.06 Å². The second-order valence-electron chi connectivity index (χ2n) is 4.04. The molecule has 4 nitrogen and oxygen atoms in total. The molecule has 0 radical (unpaired) electrons. The van der Waals surface area contributed by atoms with E-state index in [1.54, 1.807) is 0 Å². The Kier molecular flexibility index (Phi) is 2.40. The second kappa shape index (κ2) is 3.90. The zero-order valence-corrected chi connectivity index (χ0v) is 8.89. The summed E-state index contributed by atoms with van der Waals surface area (Å²) < 4.78 is 5.41. The predicted molar refractivity (Wildman–Crippen MR) is 60.4 cm³/mol. The van der Waals surface area contributed by atoms with Crippen LogP contribution in [0.15, 0.2) is 30.5 Å². The van der Waals surface area contributed by atoms with Crippen LogP contribution in [0.3, 0.4) is 0 Å². The van der Waals surface area contributed by atoms with E-state index in [0.717, 1.165) is 16.5 Å². The number of fused-ring (bicyclic) bond motifs is 1. The first-order chi connectivity index (χ1) is 7.86. The number of rotatable bonds is 1. The number of para-hydroxylation sites is 1. The first-order valence-electron chi connectivity index (χ1n) is 5.45. The minimum atomic E-state index is -0.0649. The lowest BCUT2D eigenvalue weighted by atomic mass is 10.1. The Balaban J connectivity index is 2.04. The highest BCUT2D eigenvalue weighted by atomic mass is 16.5. The van der Waals surface area contributed by atoms with E-state index in [9.17, 15) is 5.21 Å². The van der Waals surface area contributed by atoms with Gasteiger partial charge >= 0.3 is 0 Å². The number of ether oxygens (including phenoxy) is 1. The number of nitrogens with one attached hydrogen (secondary N) is 1. The Morgan fingerprint density at radius 2 is 2.25 bits per heavy atom. The highest BCUT2D eigenvalue weighted by Crippen LogP contribution is 2.28. The molecule has 0 spiro atoms. The van der Waals surface area contributed by atoms with Crippen LogP contribution in [0, 0.1) is 0 Å². The van der Waals surface area contributed by atoms with Gasteiger partial charge < -0.3 is 14.9 Å². The summed E-state index contributed by atoms with van der Waals surface area (Å²) in [5.41, 5.74) is 2.19. The summed E-state index contributed by atoms with van der Waals surface area (Å²) >= 11 is 0. The zero-order chi connectivity index (χ0) is 11.0. The molecule has 1 aliphatic rings. The molecular formula is C12H14N2O2. The van der Waals surface area contributed by atoms with E-state index in [2.05, 4.69) is 11.1 Å². The van der Waals surface area contributed by atoms with Crippen LogP contribution in [-0.4, -0.2) is 35.0 Å². The molecule has 2 aromatic rings. The molecule has 1 atom stereocenters. The van der Waals surface area contributed by atoms with Crippen molar-refractivity contribution in [2.24, 2.45) is 0 Å². The summed E-state index contributed by atoms with van der Waals surface area (Å²) in [4.78, 5) is 3.21. The van der Waals surface area contributed by atoms with E-state index in [4.69, 9.17) is 4.74 Å². The van der Waals surface area contributed by atoms with Crippen molar-refractivity contribution in [2.75, 3.05) is 19.8 Å². The Morgan fingerprint density at radius 3 is 3.12 bits per heavy atom. The maximum Gasteiger partial charge on any atom is 0.0854 e. The van der Waals surface area contributed by atoms with Crippen molar-refractivity contribution >= 4 is 10.9 Å². The predicted octanol–water partition coefficient (Wildman–Crippen LogP) is 1.93. The number of hydrogen-bond acceptors (Lipinski definition) is 3. The van der Waals surface area contributed by atoms with E-state index >= 15 is 0 Å². The van der Waals surface area contributed by atoms with E-state index in [1.165, 1.54) is 5.06 Å². The van der Waals surface area contributed by atoms with Crippen molar-refractivity contribution in [1.29, 1.82) is 0 Å². The Bertz CT molecular complexity index is 494. The number of H-pyrrole nitrogens is 1. The third-order valence-electron chi connectivity index (χ3n) is 3.08. The van der Waals surface area contributed by atoms with Crippen molar-refractivity contribution in [3.8, 4) is 0 Å². The van der Waals surface area contributed by atoms with Gasteiger partial charge in [0.05, 0.1) is 19.3 Å². The molecule has 0 bridgehead atoms. The molecule has 1 aromatic carbocycles. The molecule has 1 saturated heterocycles. The van der Waals surface area contributed by atoms with Gasteiger partial charge in [0.1, 0.15) is 0 Å². The third-order valence-corrected chi connectivity index (χ3v) is 3.08. The lowest BCUT2D eigenvalue weighted by molar-refractivity contribution is -0.182. The van der Waals surface area contributed by atoms with Gasteiger partial charge in [0, 0.05) is 23.6 Å². The van der Waals surface area contributed by atoms with Crippen LogP contribution in [0.2, 0.25) is 0 Å². The first-order valence-corrected chi connectivity index (χ1v) is 5.45. The van der Waals surface area contributed by atoms with Crippen LogP contribution < -0.4 is 0 Å². The molecule has 0 saturated carbocycles. The molecule has 1 aliphatic heterocycles. The molecule has 2 N–H and O–H groups in total. The van der Waals surface area contributed by atoms with Crippen LogP contribution in [0.5, 0.6) is 0 Å². The fraction of sp³-hybridized carbons (Fsp3) is 0.333. The van der Waals surface area contributed by atoms with Gasteiger partial charge in [0.15, 0.2) is 0 Å². The van der Waals surface area contributed by atoms with Gasteiger partial charge in [0.2, 0.25) is 0 Å². The molecular weight excluding hydrogens is 204 g/mol. The summed E-state index contributed by atoms with van der Waals surface area (Å²) in [7, 11) is 0. The van der Waals surface area contributed by atoms with Crippen molar-refractivity contribution in [3.63, 3.8) is 0 Å². The second-order valence-corrected chi connectivity index (χ2v) is 4.04. The topological polar surface area (TPSA) is 48.5 Å². The fourth-order valence-electron chi connectivity index (χ4n) is 2.21. The van der Waals surface area contributed by atoms with Gasteiger partial charge in [-0.3, -0.25) is 0 Å². The number of hydroxylamine groups is 2. The van der Waals surface area contributed by atoms with Crippen LogP contribution in [-0.2, 0) is 4.74 Å². The first kappa shape index (κ1) is 9.84. The van der Waals surface area contributed by atoms with Crippen molar-refractivity contribution < 1.29 is 9.94 Å². The number of benzene rings is 1. The summed E-state index contributed by atoms with van der Waals surface area (Å²) in [6.07, 6.45) is 1.95. The Morgan fingerprint density at radius 1 is 1.38 bits per heavy atom. The zero-order valence-electron chi connectivity index (χ0n) is 8.89. The van der Waals surface area contributed by atoms with Crippen LogP contribution in [0.25, 0.3) is 10.9 Å². The molecule has 4 heteroatoms. The minimum absolute atomic E-state index is 0.0649. The number of hydrogen-bond donors (Lipinski definition) is 2. The van der Waals surface area contributed by atoms with Crippen LogP contribution in [0.1, 0.15) is 11.6 Å². The molecule has 1 aromatic heterocycles. The summed E-state index contributed by atoms with van der Waals surface area (Å²) in [5.74, 6) is 0. The van der Waals surface area contributed by atoms with E-state index in [0.29, 0.717) is 19.8 Å². The monoisotopic (exact) mass is 218 g/mol. The minimum Gasteiger partial charge on any atom is -0.378 e. The molecule has 84 valence electrons. The van der Waals surface area contributed by atoms with Crippen molar-refractivity contribution in [3.05, 3.63) is 36.0 Å². The maximum atomic E-state index is 9.84. The van der Waals surface area contributed by atoms with E-state index in [-0.39, 0.29) is 6.04 Å². The lowest BCUT2D eigenvalue weighted by Gasteiger charge is -2.30. The molecule has 3 rings (SSSR count). The molecule has 0 aliphatic carbocycles.